The van der Waals surface area contributed by atoms with E-state index in [1.54, 1.807) is 0 Å². The second kappa shape index (κ2) is 6.37. The lowest BCUT2D eigenvalue weighted by molar-refractivity contribution is -0.131. The van der Waals surface area contributed by atoms with Gasteiger partial charge in [0.25, 0.3) is 0 Å². The van der Waals surface area contributed by atoms with Crippen LogP contribution in [0.2, 0.25) is 0 Å². The quantitative estimate of drug-likeness (QED) is 0.896. The van der Waals surface area contributed by atoms with Gasteiger partial charge >= 0.3 is 0 Å². The lowest BCUT2D eigenvalue weighted by atomic mass is 10.0. The highest BCUT2D eigenvalue weighted by Crippen LogP contribution is 2.28. The molecule has 1 aromatic carbocycles. The van der Waals surface area contributed by atoms with Gasteiger partial charge in [0, 0.05) is 6.61 Å². The number of aryl methyl sites for hydroxylation is 2. The Hall–Kier alpha value is -1.39. The first kappa shape index (κ1) is 15.0. The molecule has 1 aromatic rings. The minimum atomic E-state index is -0.0437. The molecule has 0 bridgehead atoms. The van der Waals surface area contributed by atoms with Crippen LogP contribution < -0.4 is 5.32 Å². The summed E-state index contributed by atoms with van der Waals surface area (Å²) in [7, 11) is 0. The van der Waals surface area contributed by atoms with Crippen molar-refractivity contribution in [2.24, 2.45) is 0 Å². The molecule has 1 heterocycles. The summed E-state index contributed by atoms with van der Waals surface area (Å²) < 4.78 is 5.47. The molecule has 1 aliphatic rings. The average Bonchev–Trinajstić information content (AvgIpc) is 2.80. The monoisotopic (exact) mass is 276 g/mol. The van der Waals surface area contributed by atoms with Crippen LogP contribution in [0, 0.1) is 13.8 Å². The van der Waals surface area contributed by atoms with Crippen LogP contribution in [0.4, 0.5) is 0 Å². The fourth-order valence-electron chi connectivity index (χ4n) is 2.70. The molecule has 1 aliphatic heterocycles. The summed E-state index contributed by atoms with van der Waals surface area (Å²) in [5.74, 6) is 0.142. The molecule has 2 atom stereocenters. The average molecular weight is 276 g/mol. The predicted octanol–water partition coefficient (Wildman–Crippen LogP) is 2.16. The van der Waals surface area contributed by atoms with Crippen LogP contribution in [0.1, 0.15) is 36.7 Å². The summed E-state index contributed by atoms with van der Waals surface area (Å²) in [6.07, 6.45) is -0.0437. The molecule has 4 nitrogen and oxygen atoms in total. The van der Waals surface area contributed by atoms with E-state index < -0.39 is 0 Å². The first-order chi connectivity index (χ1) is 9.54. The number of ether oxygens (including phenoxy) is 1. The zero-order valence-electron chi connectivity index (χ0n) is 12.8. The highest BCUT2D eigenvalue weighted by molar-refractivity contribution is 5.81. The van der Waals surface area contributed by atoms with Gasteiger partial charge in [0.15, 0.2) is 0 Å². The molecule has 1 N–H and O–H groups in total. The third-order valence-electron chi connectivity index (χ3n) is 3.78. The molecule has 110 valence electrons. The van der Waals surface area contributed by atoms with Crippen molar-refractivity contribution in [1.29, 1.82) is 0 Å². The number of carbonyl (C=O) groups is 1. The minimum Gasteiger partial charge on any atom is -0.380 e. The number of rotatable bonds is 5. The molecule has 0 aromatic heterocycles. The Morgan fingerprint density at radius 1 is 1.45 bits per heavy atom. The smallest absolute Gasteiger partial charge is 0.238 e. The highest BCUT2D eigenvalue weighted by Gasteiger charge is 2.35. The Labute approximate surface area is 121 Å². The first-order valence-electron chi connectivity index (χ1n) is 7.24. The normalized spacial score (nSPS) is 20.5. The fourth-order valence-corrected chi connectivity index (χ4v) is 2.70. The fraction of sp³-hybridized carbons (Fsp3) is 0.562. The summed E-state index contributed by atoms with van der Waals surface area (Å²) in [5.41, 5.74) is 3.60. The van der Waals surface area contributed by atoms with Crippen molar-refractivity contribution in [3.63, 3.8) is 0 Å². The molecule has 0 radical (unpaired) electrons. The van der Waals surface area contributed by atoms with Gasteiger partial charge in [0.1, 0.15) is 6.17 Å². The number of nitrogens with one attached hydrogen (secondary N) is 1. The van der Waals surface area contributed by atoms with Crippen molar-refractivity contribution in [3.05, 3.63) is 34.9 Å². The molecule has 0 spiro atoms. The van der Waals surface area contributed by atoms with Crippen LogP contribution in [-0.4, -0.2) is 36.6 Å². The molecule has 1 amide bonds. The van der Waals surface area contributed by atoms with Gasteiger partial charge in [0.05, 0.1) is 19.2 Å². The zero-order chi connectivity index (χ0) is 14.7. The third kappa shape index (κ3) is 3.02. The molecule has 1 fully saturated rings. The summed E-state index contributed by atoms with van der Waals surface area (Å²) in [6.45, 7) is 9.82. The largest absolute Gasteiger partial charge is 0.380 e. The van der Waals surface area contributed by atoms with E-state index in [0.717, 1.165) is 0 Å². The molecule has 4 heteroatoms. The van der Waals surface area contributed by atoms with E-state index in [1.807, 2.05) is 18.7 Å². The molecule has 1 saturated heterocycles. The number of carbonyl (C=O) groups excluding carboxylic acids is 1. The van der Waals surface area contributed by atoms with Gasteiger partial charge in [-0.1, -0.05) is 23.8 Å². The van der Waals surface area contributed by atoms with Crippen LogP contribution >= 0.6 is 0 Å². The van der Waals surface area contributed by atoms with E-state index in [-0.39, 0.29) is 18.1 Å². The van der Waals surface area contributed by atoms with Crippen LogP contribution in [-0.2, 0) is 9.53 Å². The van der Waals surface area contributed by atoms with E-state index in [0.29, 0.717) is 19.8 Å². The van der Waals surface area contributed by atoms with Gasteiger partial charge in [-0.25, -0.2) is 0 Å². The zero-order valence-corrected chi connectivity index (χ0v) is 12.8. The van der Waals surface area contributed by atoms with Gasteiger partial charge in [-0.15, -0.1) is 0 Å². The molecular formula is C16H24N2O2. The second-order valence-corrected chi connectivity index (χ2v) is 5.45. The predicted molar refractivity (Wildman–Crippen MR) is 79.5 cm³/mol. The van der Waals surface area contributed by atoms with Crippen molar-refractivity contribution >= 4 is 5.91 Å². The number of hydrogen-bond acceptors (Lipinski definition) is 3. The number of amides is 1. The Morgan fingerprint density at radius 2 is 2.20 bits per heavy atom. The van der Waals surface area contributed by atoms with Gasteiger partial charge < -0.3 is 9.64 Å². The minimum absolute atomic E-state index is 0.0437. The van der Waals surface area contributed by atoms with Crippen molar-refractivity contribution in [2.75, 3.05) is 19.8 Å². The molecule has 0 saturated carbocycles. The van der Waals surface area contributed by atoms with Crippen LogP contribution in [0.25, 0.3) is 0 Å². The number of hydrogen-bond donors (Lipinski definition) is 1. The van der Waals surface area contributed by atoms with Crippen LogP contribution in [0.15, 0.2) is 18.2 Å². The van der Waals surface area contributed by atoms with Gasteiger partial charge in [-0.05, 0) is 38.8 Å². The summed E-state index contributed by atoms with van der Waals surface area (Å²) in [4.78, 5) is 14.1. The maximum atomic E-state index is 12.2. The van der Waals surface area contributed by atoms with E-state index >= 15 is 0 Å². The summed E-state index contributed by atoms with van der Waals surface area (Å²) >= 11 is 0. The van der Waals surface area contributed by atoms with E-state index in [2.05, 4.69) is 37.4 Å². The Morgan fingerprint density at radius 3 is 2.90 bits per heavy atom. The van der Waals surface area contributed by atoms with Crippen molar-refractivity contribution in [2.45, 2.75) is 39.9 Å². The Kier molecular flexibility index (Phi) is 4.78. The second-order valence-electron chi connectivity index (χ2n) is 5.45. The Bertz CT molecular complexity index is 487. The first-order valence-corrected chi connectivity index (χ1v) is 7.24. The van der Waals surface area contributed by atoms with Crippen LogP contribution in [0.5, 0.6) is 0 Å². The summed E-state index contributed by atoms with van der Waals surface area (Å²) in [6, 6.07) is 6.44. The maximum absolute atomic E-state index is 12.2. The standard InChI is InChI=1S/C16H24N2O2/c1-5-20-10-13(4)18-15(19)9-17-16(18)14-8-11(2)6-7-12(14)3/h6-8,13,16-17H,5,9-10H2,1-4H3. The molecule has 2 unspecified atom stereocenters. The van der Waals surface area contributed by atoms with E-state index in [4.69, 9.17) is 4.74 Å². The number of nitrogens with zero attached hydrogens (tertiary/aromatic N) is 1. The SMILES string of the molecule is CCOCC(C)N1C(=O)CNC1c1cc(C)ccc1C. The van der Waals surface area contributed by atoms with Gasteiger partial charge in [0.2, 0.25) is 5.91 Å². The molecule has 20 heavy (non-hydrogen) atoms. The maximum Gasteiger partial charge on any atom is 0.238 e. The van der Waals surface area contributed by atoms with E-state index in [9.17, 15) is 4.79 Å². The highest BCUT2D eigenvalue weighted by atomic mass is 16.5. The number of benzene rings is 1. The lowest BCUT2D eigenvalue weighted by Gasteiger charge is -2.31. The van der Waals surface area contributed by atoms with Gasteiger partial charge in [-0.2, -0.15) is 0 Å². The summed E-state index contributed by atoms with van der Waals surface area (Å²) in [5, 5.41) is 3.32. The molecule has 0 aliphatic carbocycles. The lowest BCUT2D eigenvalue weighted by Crippen LogP contribution is -2.40. The van der Waals surface area contributed by atoms with E-state index in [1.165, 1.54) is 16.7 Å². The van der Waals surface area contributed by atoms with Crippen molar-refractivity contribution < 1.29 is 9.53 Å². The Balaban J connectivity index is 2.25. The molecule has 2 rings (SSSR count). The third-order valence-corrected chi connectivity index (χ3v) is 3.78. The van der Waals surface area contributed by atoms with Crippen molar-refractivity contribution in [1.82, 2.24) is 10.2 Å². The molecular weight excluding hydrogens is 252 g/mol. The topological polar surface area (TPSA) is 41.6 Å². The van der Waals surface area contributed by atoms with Gasteiger partial charge in [-0.3, -0.25) is 10.1 Å². The van der Waals surface area contributed by atoms with Crippen LogP contribution in [0.3, 0.4) is 0 Å². The van der Waals surface area contributed by atoms with Crippen molar-refractivity contribution in [3.8, 4) is 0 Å².